The molecule has 0 aromatic heterocycles. The smallest absolute Gasteiger partial charge is 0.191 e. The van der Waals surface area contributed by atoms with Crippen molar-refractivity contribution in [3.05, 3.63) is 12.7 Å². The Morgan fingerprint density at radius 1 is 1.41 bits per heavy atom. The first-order valence-corrected chi connectivity index (χ1v) is 6.11. The van der Waals surface area contributed by atoms with Gasteiger partial charge in [0.2, 0.25) is 0 Å². The molecule has 1 rings (SSSR count). The highest BCUT2D eigenvalue weighted by Crippen LogP contribution is 2.04. The lowest BCUT2D eigenvalue weighted by Gasteiger charge is -2.37. The summed E-state index contributed by atoms with van der Waals surface area (Å²) < 4.78 is 0. The van der Waals surface area contributed by atoms with E-state index in [9.17, 15) is 0 Å². The van der Waals surface area contributed by atoms with E-state index in [1.807, 2.05) is 6.08 Å². The fraction of sp³-hybridized carbons (Fsp3) is 0.750. The summed E-state index contributed by atoms with van der Waals surface area (Å²) >= 11 is 0. The first-order chi connectivity index (χ1) is 8.17. The first-order valence-electron chi connectivity index (χ1n) is 6.11. The second kappa shape index (κ2) is 7.29. The maximum atomic E-state index is 4.17. The fourth-order valence-electron chi connectivity index (χ4n) is 1.93. The summed E-state index contributed by atoms with van der Waals surface area (Å²) in [5.41, 5.74) is 0. The molecule has 0 aromatic rings. The van der Waals surface area contributed by atoms with E-state index < -0.39 is 0 Å². The number of likely N-dealkylation sites (N-methyl/N-ethyl adjacent to an activating group) is 2. The molecule has 1 aliphatic rings. The summed E-state index contributed by atoms with van der Waals surface area (Å²) in [5, 5.41) is 6.52. The Morgan fingerprint density at radius 2 is 2.18 bits per heavy atom. The van der Waals surface area contributed by atoms with Crippen molar-refractivity contribution in [1.82, 2.24) is 20.4 Å². The lowest BCUT2D eigenvalue weighted by atomic mass is 10.2. The SMILES string of the molecule is C=CCNC(=NC)NCC1CN(C)CCN1C. The second-order valence-electron chi connectivity index (χ2n) is 4.52. The van der Waals surface area contributed by atoms with Gasteiger partial charge in [-0.1, -0.05) is 6.08 Å². The molecule has 1 unspecified atom stereocenters. The van der Waals surface area contributed by atoms with Gasteiger partial charge in [-0.2, -0.15) is 0 Å². The minimum atomic E-state index is 0.538. The lowest BCUT2D eigenvalue weighted by Crippen LogP contribution is -2.55. The standard InChI is InChI=1S/C12H25N5/c1-5-6-14-12(13-2)15-9-11-10-16(3)7-8-17(11)4/h5,11H,1,6-10H2,2-4H3,(H2,13,14,15). The predicted octanol–water partition coefficient (Wildman–Crippen LogP) is -0.417. The van der Waals surface area contributed by atoms with Crippen molar-refractivity contribution in [3.8, 4) is 0 Å². The molecule has 1 heterocycles. The van der Waals surface area contributed by atoms with Crippen LogP contribution in [0.4, 0.5) is 0 Å². The molecule has 98 valence electrons. The summed E-state index contributed by atoms with van der Waals surface area (Å²) in [7, 11) is 6.14. The molecule has 1 aliphatic heterocycles. The molecule has 2 N–H and O–H groups in total. The number of rotatable bonds is 4. The number of aliphatic imine (C=N–C) groups is 1. The maximum absolute atomic E-state index is 4.17. The van der Waals surface area contributed by atoms with E-state index in [-0.39, 0.29) is 0 Å². The number of guanidine groups is 1. The molecule has 0 bridgehead atoms. The van der Waals surface area contributed by atoms with E-state index in [1.54, 1.807) is 7.05 Å². The number of nitrogens with one attached hydrogen (secondary N) is 2. The molecule has 1 saturated heterocycles. The minimum Gasteiger partial charge on any atom is -0.355 e. The fourth-order valence-corrected chi connectivity index (χ4v) is 1.93. The van der Waals surface area contributed by atoms with E-state index >= 15 is 0 Å². The molecule has 1 fully saturated rings. The molecule has 1 atom stereocenters. The second-order valence-corrected chi connectivity index (χ2v) is 4.52. The van der Waals surface area contributed by atoms with Gasteiger partial charge in [-0.15, -0.1) is 6.58 Å². The molecule has 0 saturated carbocycles. The molecule has 0 aliphatic carbocycles. The van der Waals surface area contributed by atoms with Crippen LogP contribution in [0.1, 0.15) is 0 Å². The predicted molar refractivity (Wildman–Crippen MR) is 73.5 cm³/mol. The molecular formula is C12H25N5. The highest BCUT2D eigenvalue weighted by molar-refractivity contribution is 5.79. The average Bonchev–Trinajstić information content (AvgIpc) is 2.33. The maximum Gasteiger partial charge on any atom is 0.191 e. The molecule has 17 heavy (non-hydrogen) atoms. The Morgan fingerprint density at radius 3 is 2.82 bits per heavy atom. The third kappa shape index (κ3) is 4.75. The zero-order valence-electron chi connectivity index (χ0n) is 11.2. The van der Waals surface area contributed by atoms with Gasteiger partial charge in [0.25, 0.3) is 0 Å². The van der Waals surface area contributed by atoms with Crippen molar-refractivity contribution in [2.75, 3.05) is 53.9 Å². The molecule has 5 nitrogen and oxygen atoms in total. The normalized spacial score (nSPS) is 23.5. The first kappa shape index (κ1) is 14.0. The van der Waals surface area contributed by atoms with Gasteiger partial charge in [-0.25, -0.2) is 0 Å². The molecule has 5 heteroatoms. The molecule has 0 aromatic carbocycles. The summed E-state index contributed by atoms with van der Waals surface area (Å²) in [6.07, 6.45) is 1.83. The van der Waals surface area contributed by atoms with Crippen LogP contribution < -0.4 is 10.6 Å². The van der Waals surface area contributed by atoms with Crippen LogP contribution in [0.25, 0.3) is 0 Å². The van der Waals surface area contributed by atoms with Gasteiger partial charge in [0, 0.05) is 45.8 Å². The zero-order chi connectivity index (χ0) is 12.7. The van der Waals surface area contributed by atoms with Gasteiger partial charge in [0.05, 0.1) is 0 Å². The highest BCUT2D eigenvalue weighted by Gasteiger charge is 2.21. The van der Waals surface area contributed by atoms with Crippen LogP contribution in [0, 0.1) is 0 Å². The van der Waals surface area contributed by atoms with Crippen molar-refractivity contribution in [1.29, 1.82) is 0 Å². The van der Waals surface area contributed by atoms with E-state index in [2.05, 4.69) is 46.1 Å². The zero-order valence-corrected chi connectivity index (χ0v) is 11.2. The van der Waals surface area contributed by atoms with Crippen molar-refractivity contribution in [3.63, 3.8) is 0 Å². The van der Waals surface area contributed by atoms with E-state index in [0.29, 0.717) is 6.04 Å². The van der Waals surface area contributed by atoms with Crippen LogP contribution in [-0.2, 0) is 0 Å². The molecule has 0 spiro atoms. The summed E-state index contributed by atoms with van der Waals surface area (Å²) in [6, 6.07) is 0.538. The van der Waals surface area contributed by atoms with Crippen LogP contribution in [0.3, 0.4) is 0 Å². The quantitative estimate of drug-likeness (QED) is 0.397. The number of nitrogens with zero attached hydrogens (tertiary/aromatic N) is 3. The third-order valence-electron chi connectivity index (χ3n) is 3.12. The Bertz CT molecular complexity index is 264. The van der Waals surface area contributed by atoms with Gasteiger partial charge in [-0.3, -0.25) is 9.89 Å². The summed E-state index contributed by atoms with van der Waals surface area (Å²) in [6.45, 7) is 8.70. The molecular weight excluding hydrogens is 214 g/mol. The molecule has 0 radical (unpaired) electrons. The van der Waals surface area contributed by atoms with Crippen LogP contribution >= 0.6 is 0 Å². The van der Waals surface area contributed by atoms with Gasteiger partial charge in [-0.05, 0) is 14.1 Å². The van der Waals surface area contributed by atoms with Gasteiger partial charge in [0.1, 0.15) is 0 Å². The van der Waals surface area contributed by atoms with Gasteiger partial charge in [0.15, 0.2) is 5.96 Å². The Kier molecular flexibility index (Phi) is 6.00. The Balaban J connectivity index is 2.34. The van der Waals surface area contributed by atoms with Crippen LogP contribution in [0.2, 0.25) is 0 Å². The van der Waals surface area contributed by atoms with Crippen LogP contribution in [0.5, 0.6) is 0 Å². The number of piperazine rings is 1. The van der Waals surface area contributed by atoms with E-state index in [0.717, 1.165) is 38.7 Å². The number of hydrogen-bond donors (Lipinski definition) is 2. The van der Waals surface area contributed by atoms with Crippen LogP contribution in [-0.4, -0.2) is 75.7 Å². The lowest BCUT2D eigenvalue weighted by molar-refractivity contribution is 0.116. The monoisotopic (exact) mass is 239 g/mol. The highest BCUT2D eigenvalue weighted by atomic mass is 15.3. The van der Waals surface area contributed by atoms with Crippen molar-refractivity contribution in [2.45, 2.75) is 6.04 Å². The Hall–Kier alpha value is -1.07. The van der Waals surface area contributed by atoms with Crippen LogP contribution in [0.15, 0.2) is 17.6 Å². The third-order valence-corrected chi connectivity index (χ3v) is 3.12. The molecule has 0 amide bonds. The van der Waals surface area contributed by atoms with Gasteiger partial charge >= 0.3 is 0 Å². The minimum absolute atomic E-state index is 0.538. The van der Waals surface area contributed by atoms with E-state index in [1.165, 1.54) is 0 Å². The largest absolute Gasteiger partial charge is 0.355 e. The van der Waals surface area contributed by atoms with E-state index in [4.69, 9.17) is 0 Å². The topological polar surface area (TPSA) is 42.9 Å². The van der Waals surface area contributed by atoms with Crippen molar-refractivity contribution >= 4 is 5.96 Å². The van der Waals surface area contributed by atoms with Gasteiger partial charge < -0.3 is 15.5 Å². The summed E-state index contributed by atoms with van der Waals surface area (Å²) in [4.78, 5) is 8.93. The number of hydrogen-bond acceptors (Lipinski definition) is 3. The van der Waals surface area contributed by atoms with Crippen molar-refractivity contribution < 1.29 is 0 Å². The average molecular weight is 239 g/mol. The van der Waals surface area contributed by atoms with Crippen molar-refractivity contribution in [2.24, 2.45) is 4.99 Å². The Labute approximate surface area is 105 Å². The summed E-state index contributed by atoms with van der Waals surface area (Å²) in [5.74, 6) is 0.839.